The Morgan fingerprint density at radius 2 is 2.05 bits per heavy atom. The Balaban J connectivity index is 2.31. The lowest BCUT2D eigenvalue weighted by Gasteiger charge is -2.35. The highest BCUT2D eigenvalue weighted by Gasteiger charge is 2.24. The third-order valence-corrected chi connectivity index (χ3v) is 2.92. The first-order chi connectivity index (χ1) is 8.99. The first-order valence-electron chi connectivity index (χ1n) is 6.23. The monoisotopic (exact) mass is 265 g/mol. The quantitative estimate of drug-likeness (QED) is 0.350. The smallest absolute Gasteiger partial charge is 0.226 e. The molecule has 0 aromatic carbocycles. The van der Waals surface area contributed by atoms with Gasteiger partial charge in [0, 0.05) is 18.8 Å². The van der Waals surface area contributed by atoms with Gasteiger partial charge in [-0.15, -0.1) is 0 Å². The van der Waals surface area contributed by atoms with Crippen molar-refractivity contribution < 1.29 is 9.94 Å². The van der Waals surface area contributed by atoms with Crippen molar-refractivity contribution in [2.45, 2.75) is 33.0 Å². The number of oxime groups is 1. The molecule has 0 radical (unpaired) electrons. The summed E-state index contributed by atoms with van der Waals surface area (Å²) in [6.07, 6.45) is 0.250. The van der Waals surface area contributed by atoms with Crippen LogP contribution < -0.4 is 10.6 Å². The molecule has 7 heteroatoms. The van der Waals surface area contributed by atoms with Crippen molar-refractivity contribution in [3.8, 4) is 0 Å². The number of hydrogen-bond donors (Lipinski definition) is 2. The molecule has 1 aliphatic rings. The van der Waals surface area contributed by atoms with E-state index in [1.165, 1.54) is 0 Å². The largest absolute Gasteiger partial charge is 0.409 e. The van der Waals surface area contributed by atoms with Crippen LogP contribution in [-0.4, -0.2) is 46.3 Å². The second kappa shape index (κ2) is 5.40. The van der Waals surface area contributed by atoms with Gasteiger partial charge in [-0.05, 0) is 26.8 Å². The van der Waals surface area contributed by atoms with Crippen molar-refractivity contribution in [2.24, 2.45) is 10.9 Å². The summed E-state index contributed by atoms with van der Waals surface area (Å²) < 4.78 is 5.68. The number of aryl methyl sites for hydroxylation is 1. The SMILES string of the molecule is Cc1cc(/C(N)=N/O)nc(N2C[C@@H](C)O[C@@H](C)C2)n1. The fourth-order valence-electron chi connectivity index (χ4n) is 2.22. The maximum atomic E-state index is 8.73. The van der Waals surface area contributed by atoms with Crippen LogP contribution in [-0.2, 0) is 4.74 Å². The molecular formula is C12H19N5O2. The normalized spacial score (nSPS) is 24.6. The summed E-state index contributed by atoms with van der Waals surface area (Å²) in [4.78, 5) is 10.8. The molecule has 0 amide bonds. The summed E-state index contributed by atoms with van der Waals surface area (Å²) in [5, 5.41) is 11.7. The van der Waals surface area contributed by atoms with Crippen LogP contribution in [0.15, 0.2) is 11.2 Å². The van der Waals surface area contributed by atoms with Crippen molar-refractivity contribution in [2.75, 3.05) is 18.0 Å². The van der Waals surface area contributed by atoms with E-state index in [9.17, 15) is 0 Å². The molecule has 1 aromatic heterocycles. The van der Waals surface area contributed by atoms with Gasteiger partial charge < -0.3 is 20.6 Å². The molecule has 19 heavy (non-hydrogen) atoms. The zero-order chi connectivity index (χ0) is 14.0. The Bertz CT molecular complexity index is 481. The average molecular weight is 265 g/mol. The van der Waals surface area contributed by atoms with Gasteiger partial charge in [0.1, 0.15) is 5.69 Å². The first kappa shape index (κ1) is 13.5. The van der Waals surface area contributed by atoms with E-state index >= 15 is 0 Å². The van der Waals surface area contributed by atoms with Crippen molar-refractivity contribution in [3.05, 3.63) is 17.5 Å². The van der Waals surface area contributed by atoms with Gasteiger partial charge in [0.2, 0.25) is 5.95 Å². The maximum absolute atomic E-state index is 8.73. The highest BCUT2D eigenvalue weighted by Crippen LogP contribution is 2.17. The highest BCUT2D eigenvalue weighted by molar-refractivity contribution is 5.95. The lowest BCUT2D eigenvalue weighted by molar-refractivity contribution is -0.00573. The molecule has 1 aliphatic heterocycles. The summed E-state index contributed by atoms with van der Waals surface area (Å²) in [5.74, 6) is 0.574. The molecule has 0 bridgehead atoms. The second-order valence-corrected chi connectivity index (χ2v) is 4.84. The predicted molar refractivity (Wildman–Crippen MR) is 71.5 cm³/mol. The second-order valence-electron chi connectivity index (χ2n) is 4.84. The third-order valence-electron chi connectivity index (χ3n) is 2.92. The van der Waals surface area contributed by atoms with E-state index in [1.807, 2.05) is 20.8 Å². The Morgan fingerprint density at radius 3 is 2.63 bits per heavy atom. The van der Waals surface area contributed by atoms with Crippen molar-refractivity contribution in [3.63, 3.8) is 0 Å². The van der Waals surface area contributed by atoms with Gasteiger partial charge in [0.15, 0.2) is 5.84 Å². The number of rotatable bonds is 2. The Hall–Kier alpha value is -1.89. The van der Waals surface area contributed by atoms with Crippen LogP contribution in [0.3, 0.4) is 0 Å². The number of ether oxygens (including phenoxy) is 1. The van der Waals surface area contributed by atoms with E-state index < -0.39 is 0 Å². The molecule has 1 saturated heterocycles. The molecule has 0 aliphatic carbocycles. The lowest BCUT2D eigenvalue weighted by atomic mass is 10.2. The first-order valence-corrected chi connectivity index (χ1v) is 6.23. The molecule has 1 aromatic rings. The van der Waals surface area contributed by atoms with Crippen LogP contribution in [0.2, 0.25) is 0 Å². The van der Waals surface area contributed by atoms with Gasteiger partial charge >= 0.3 is 0 Å². The van der Waals surface area contributed by atoms with Crippen molar-refractivity contribution >= 4 is 11.8 Å². The van der Waals surface area contributed by atoms with Gasteiger partial charge in [-0.2, -0.15) is 0 Å². The van der Waals surface area contributed by atoms with Gasteiger partial charge in [0.25, 0.3) is 0 Å². The molecule has 2 heterocycles. The van der Waals surface area contributed by atoms with Crippen LogP contribution >= 0.6 is 0 Å². The minimum Gasteiger partial charge on any atom is -0.409 e. The fraction of sp³-hybridized carbons (Fsp3) is 0.583. The van der Waals surface area contributed by atoms with E-state index in [0.29, 0.717) is 11.6 Å². The molecule has 0 unspecified atom stereocenters. The Kier molecular flexibility index (Phi) is 3.84. The summed E-state index contributed by atoms with van der Waals surface area (Å²) >= 11 is 0. The molecule has 0 spiro atoms. The number of nitrogens with two attached hydrogens (primary N) is 1. The van der Waals surface area contributed by atoms with Crippen LogP contribution in [0, 0.1) is 6.92 Å². The third kappa shape index (κ3) is 3.11. The topological polar surface area (TPSA) is 96.9 Å². The molecule has 2 atom stereocenters. The van der Waals surface area contributed by atoms with E-state index in [1.54, 1.807) is 6.07 Å². The molecule has 7 nitrogen and oxygen atoms in total. The highest BCUT2D eigenvalue weighted by atomic mass is 16.5. The molecule has 1 fully saturated rings. The fourth-order valence-corrected chi connectivity index (χ4v) is 2.22. The summed E-state index contributed by atoms with van der Waals surface area (Å²) in [5.41, 5.74) is 6.79. The molecule has 0 saturated carbocycles. The molecule has 3 N–H and O–H groups in total. The summed E-state index contributed by atoms with van der Waals surface area (Å²) in [6.45, 7) is 7.34. The molecule has 2 rings (SSSR count). The number of amidine groups is 1. The molecule has 104 valence electrons. The van der Waals surface area contributed by atoms with Gasteiger partial charge in [-0.25, -0.2) is 9.97 Å². The summed E-state index contributed by atoms with van der Waals surface area (Å²) in [7, 11) is 0. The van der Waals surface area contributed by atoms with Crippen LogP contribution in [0.1, 0.15) is 25.2 Å². The van der Waals surface area contributed by atoms with Gasteiger partial charge in [-0.3, -0.25) is 0 Å². The number of anilines is 1. The van der Waals surface area contributed by atoms with E-state index in [2.05, 4.69) is 20.0 Å². The number of nitrogens with zero attached hydrogens (tertiary/aromatic N) is 4. The number of hydrogen-bond acceptors (Lipinski definition) is 6. The predicted octanol–water partition coefficient (Wildman–Crippen LogP) is 0.493. The van der Waals surface area contributed by atoms with Crippen molar-refractivity contribution in [1.82, 2.24) is 9.97 Å². The molecular weight excluding hydrogens is 246 g/mol. The minimum atomic E-state index is -0.0129. The Labute approximate surface area is 112 Å². The van der Waals surface area contributed by atoms with E-state index in [4.69, 9.17) is 15.7 Å². The van der Waals surface area contributed by atoms with Gasteiger partial charge in [-0.1, -0.05) is 5.16 Å². The minimum absolute atomic E-state index is 0.0129. The Morgan fingerprint density at radius 1 is 1.42 bits per heavy atom. The average Bonchev–Trinajstić information content (AvgIpc) is 2.36. The van der Waals surface area contributed by atoms with E-state index in [0.717, 1.165) is 18.8 Å². The van der Waals surface area contributed by atoms with Crippen LogP contribution in [0.4, 0.5) is 5.95 Å². The lowest BCUT2D eigenvalue weighted by Crippen LogP contribution is -2.46. The maximum Gasteiger partial charge on any atom is 0.226 e. The van der Waals surface area contributed by atoms with Crippen LogP contribution in [0.5, 0.6) is 0 Å². The zero-order valence-electron chi connectivity index (χ0n) is 11.4. The van der Waals surface area contributed by atoms with Crippen molar-refractivity contribution in [1.29, 1.82) is 0 Å². The van der Waals surface area contributed by atoms with E-state index in [-0.39, 0.29) is 18.0 Å². The summed E-state index contributed by atoms with van der Waals surface area (Å²) in [6, 6.07) is 1.69. The van der Waals surface area contributed by atoms with Gasteiger partial charge in [0.05, 0.1) is 12.2 Å². The van der Waals surface area contributed by atoms with Crippen LogP contribution in [0.25, 0.3) is 0 Å². The standard InChI is InChI=1S/C12H19N5O2/c1-7-4-10(11(13)16-18)15-12(14-7)17-5-8(2)19-9(3)6-17/h4,8-9,18H,5-6H2,1-3H3,(H2,13,16)/t8-,9+. The number of aromatic nitrogens is 2. The number of morpholine rings is 1. The zero-order valence-corrected chi connectivity index (χ0v) is 11.4.